The normalized spacial score (nSPS) is 11.9. The lowest BCUT2D eigenvalue weighted by Crippen LogP contribution is -1.96. The van der Waals surface area contributed by atoms with Crippen molar-refractivity contribution in [2.45, 2.75) is 0 Å². The van der Waals surface area contributed by atoms with Crippen molar-refractivity contribution in [1.82, 2.24) is 9.13 Å². The van der Waals surface area contributed by atoms with Crippen LogP contribution < -0.4 is 0 Å². The van der Waals surface area contributed by atoms with Crippen molar-refractivity contribution in [2.24, 2.45) is 0 Å². The summed E-state index contributed by atoms with van der Waals surface area (Å²) in [5.41, 5.74) is 14.2. The van der Waals surface area contributed by atoms with Crippen LogP contribution in [0.15, 0.2) is 231 Å². The molecule has 13 rings (SSSR count). The quantitative estimate of drug-likeness (QED) is 0.154. The molecule has 13 aromatic rings. The summed E-state index contributed by atoms with van der Waals surface area (Å²) in [6.45, 7) is 0. The van der Waals surface area contributed by atoms with Crippen LogP contribution in [0.4, 0.5) is 0 Å². The summed E-state index contributed by atoms with van der Waals surface area (Å²) in [5.74, 6) is 0. The van der Waals surface area contributed by atoms with Crippen LogP contribution in [0.5, 0.6) is 0 Å². The van der Waals surface area contributed by atoms with Gasteiger partial charge >= 0.3 is 0 Å². The van der Waals surface area contributed by atoms with Gasteiger partial charge in [-0.05, 0) is 120 Å². The third kappa shape index (κ3) is 5.30. The molecule has 11 aromatic carbocycles. The minimum atomic E-state index is 1.14. The van der Waals surface area contributed by atoms with Gasteiger partial charge < -0.3 is 9.13 Å². The van der Waals surface area contributed by atoms with Crippen molar-refractivity contribution in [3.63, 3.8) is 0 Å². The number of benzene rings is 11. The topological polar surface area (TPSA) is 9.86 Å². The maximum atomic E-state index is 2.47. The molecule has 288 valence electrons. The van der Waals surface area contributed by atoms with Crippen LogP contribution in [0, 0.1) is 0 Å². The predicted molar refractivity (Wildman–Crippen MR) is 264 cm³/mol. The lowest BCUT2D eigenvalue weighted by atomic mass is 9.94. The van der Waals surface area contributed by atoms with Crippen LogP contribution in [0.2, 0.25) is 0 Å². The molecule has 0 fully saturated rings. The average Bonchev–Trinajstić information content (AvgIpc) is 3.86. The molecule has 0 amide bonds. The number of nitrogens with zero attached hydrogens (tertiary/aromatic N) is 2. The lowest BCUT2D eigenvalue weighted by Gasteiger charge is -2.15. The van der Waals surface area contributed by atoms with Crippen LogP contribution in [-0.4, -0.2) is 9.13 Å². The highest BCUT2D eigenvalue weighted by atomic mass is 15.0. The first kappa shape index (κ1) is 34.6. The van der Waals surface area contributed by atoms with Crippen molar-refractivity contribution in [3.8, 4) is 44.8 Å². The van der Waals surface area contributed by atoms with E-state index < -0.39 is 0 Å². The Morgan fingerprint density at radius 1 is 0.177 bits per heavy atom. The fraction of sp³-hybridized carbons (Fsp3) is 0. The van der Waals surface area contributed by atoms with E-state index in [0.29, 0.717) is 0 Å². The van der Waals surface area contributed by atoms with Crippen molar-refractivity contribution >= 4 is 75.9 Å². The Balaban J connectivity index is 1.03. The van der Waals surface area contributed by atoms with E-state index in [-0.39, 0.29) is 0 Å². The van der Waals surface area contributed by atoms with Gasteiger partial charge in [0.25, 0.3) is 0 Å². The summed E-state index contributed by atoms with van der Waals surface area (Å²) in [5, 5.41) is 12.7. The molecule has 2 nitrogen and oxygen atoms in total. The van der Waals surface area contributed by atoms with Crippen LogP contribution in [0.1, 0.15) is 0 Å². The largest absolute Gasteiger partial charge is 0.309 e. The van der Waals surface area contributed by atoms with Crippen LogP contribution >= 0.6 is 0 Å². The molecule has 0 atom stereocenters. The summed E-state index contributed by atoms with van der Waals surface area (Å²) in [4.78, 5) is 0. The molecule has 0 saturated heterocycles. The molecule has 0 saturated carbocycles. The van der Waals surface area contributed by atoms with Gasteiger partial charge in [-0.15, -0.1) is 0 Å². The van der Waals surface area contributed by atoms with Crippen molar-refractivity contribution in [3.05, 3.63) is 231 Å². The fourth-order valence-corrected chi connectivity index (χ4v) is 10.2. The fourth-order valence-electron chi connectivity index (χ4n) is 10.2. The maximum Gasteiger partial charge on any atom is 0.0547 e. The Kier molecular flexibility index (Phi) is 7.64. The van der Waals surface area contributed by atoms with Crippen LogP contribution in [0.25, 0.3) is 121 Å². The zero-order valence-electron chi connectivity index (χ0n) is 33.8. The van der Waals surface area contributed by atoms with E-state index in [1.54, 1.807) is 0 Å². The number of rotatable bonds is 5. The van der Waals surface area contributed by atoms with Gasteiger partial charge in [0.1, 0.15) is 0 Å². The van der Waals surface area contributed by atoms with Crippen LogP contribution in [0.3, 0.4) is 0 Å². The number of para-hydroxylation sites is 2. The molecular weight excluding hydrogens is 749 g/mol. The number of fused-ring (bicyclic) bond motifs is 12. The molecule has 0 aliphatic carbocycles. The summed E-state index contributed by atoms with van der Waals surface area (Å²) < 4.78 is 4.93. The van der Waals surface area contributed by atoms with E-state index >= 15 is 0 Å². The van der Waals surface area contributed by atoms with Gasteiger partial charge in [0.2, 0.25) is 0 Å². The molecule has 2 heterocycles. The van der Waals surface area contributed by atoms with E-state index in [4.69, 9.17) is 0 Å². The van der Waals surface area contributed by atoms with Crippen molar-refractivity contribution in [2.75, 3.05) is 0 Å². The average molecular weight is 787 g/mol. The predicted octanol–water partition coefficient (Wildman–Crippen LogP) is 16.3. The van der Waals surface area contributed by atoms with E-state index in [9.17, 15) is 0 Å². The number of hydrogen-bond acceptors (Lipinski definition) is 0. The Hall–Kier alpha value is -8.20. The molecule has 0 unspecified atom stereocenters. The highest BCUT2D eigenvalue weighted by Gasteiger charge is 2.18. The summed E-state index contributed by atoms with van der Waals surface area (Å²) >= 11 is 0. The minimum Gasteiger partial charge on any atom is -0.309 e. The van der Waals surface area contributed by atoms with Crippen molar-refractivity contribution < 1.29 is 0 Å². The molecule has 0 spiro atoms. The first-order valence-electron chi connectivity index (χ1n) is 21.4. The number of aromatic nitrogens is 2. The van der Waals surface area contributed by atoms with Gasteiger partial charge in [0, 0.05) is 32.9 Å². The second kappa shape index (κ2) is 13.7. The molecule has 62 heavy (non-hydrogen) atoms. The molecule has 0 aliphatic rings. The monoisotopic (exact) mass is 786 g/mol. The van der Waals surface area contributed by atoms with Gasteiger partial charge in [-0.25, -0.2) is 0 Å². The highest BCUT2D eigenvalue weighted by molar-refractivity contribution is 6.25. The van der Waals surface area contributed by atoms with Gasteiger partial charge in [0.05, 0.1) is 22.1 Å². The molecule has 0 radical (unpaired) electrons. The lowest BCUT2D eigenvalue weighted by molar-refractivity contribution is 1.18. The molecular formula is C60H38N2. The molecule has 0 aliphatic heterocycles. The Morgan fingerprint density at radius 3 is 1.05 bits per heavy atom. The first-order chi connectivity index (χ1) is 30.7. The van der Waals surface area contributed by atoms with Crippen LogP contribution in [-0.2, 0) is 0 Å². The highest BCUT2D eigenvalue weighted by Crippen LogP contribution is 2.41. The second-order valence-electron chi connectivity index (χ2n) is 16.5. The Bertz CT molecular complexity index is 3810. The molecule has 0 N–H and O–H groups in total. The van der Waals surface area contributed by atoms with E-state index in [2.05, 4.69) is 240 Å². The maximum absolute atomic E-state index is 2.47. The molecule has 2 aromatic heterocycles. The zero-order valence-corrected chi connectivity index (χ0v) is 33.8. The van der Waals surface area contributed by atoms with E-state index in [0.717, 1.165) is 11.4 Å². The van der Waals surface area contributed by atoms with Gasteiger partial charge in [0.15, 0.2) is 0 Å². The Labute approximate surface area is 358 Å². The number of hydrogen-bond donors (Lipinski definition) is 0. The van der Waals surface area contributed by atoms with E-state index in [1.807, 2.05) is 0 Å². The smallest absolute Gasteiger partial charge is 0.0547 e. The second-order valence-corrected chi connectivity index (χ2v) is 16.5. The standard InChI is InChI=1S/C60H38N2/c1-3-15-39(16-4-1)43-33-44(40-17-5-2-6-18-40)35-46(34-43)62-58-26-14-12-24-53(58)55-31-28-42(37-60(55)62)41-27-30-54-52-23-11-13-25-57(52)61(59(54)36-41)45-29-32-51-49-21-8-7-19-47(49)48-20-9-10-22-50(48)56(51)38-45/h1-38H. The molecule has 0 bridgehead atoms. The summed E-state index contributed by atoms with van der Waals surface area (Å²) in [7, 11) is 0. The third-order valence-corrected chi connectivity index (χ3v) is 13.1. The van der Waals surface area contributed by atoms with Crippen molar-refractivity contribution in [1.29, 1.82) is 0 Å². The minimum absolute atomic E-state index is 1.14. The van der Waals surface area contributed by atoms with Gasteiger partial charge in [-0.2, -0.15) is 0 Å². The van der Waals surface area contributed by atoms with Gasteiger partial charge in [-0.1, -0.05) is 176 Å². The van der Waals surface area contributed by atoms with E-state index in [1.165, 1.54) is 109 Å². The summed E-state index contributed by atoms with van der Waals surface area (Å²) in [6.07, 6.45) is 0. The zero-order chi connectivity index (χ0) is 40.7. The molecule has 2 heteroatoms. The first-order valence-corrected chi connectivity index (χ1v) is 21.4. The SMILES string of the molecule is c1ccc(-c2cc(-c3ccccc3)cc(-n3c4ccccc4c4ccc(-c5ccc6c7ccccc7n(-c7ccc8c9ccccc9c9ccccc9c8c7)c6c5)cc43)c2)cc1. The van der Waals surface area contributed by atoms with Gasteiger partial charge in [-0.3, -0.25) is 0 Å². The third-order valence-electron chi connectivity index (χ3n) is 13.1. The summed E-state index contributed by atoms with van der Waals surface area (Å²) in [6, 6.07) is 84.9. The Morgan fingerprint density at radius 2 is 0.548 bits per heavy atom.